The molecule has 5 heteroatoms. The van der Waals surface area contributed by atoms with Gasteiger partial charge in [0.1, 0.15) is 5.25 Å². The molecule has 4 nitrogen and oxygen atoms in total. The van der Waals surface area contributed by atoms with Crippen molar-refractivity contribution in [2.24, 2.45) is 0 Å². The molecule has 0 heterocycles. The number of nitrogens with one attached hydrogen (secondary N) is 1. The number of aliphatic carboxylic acids is 1. The van der Waals surface area contributed by atoms with Gasteiger partial charge in [0.25, 0.3) is 0 Å². The number of carboxylic acid groups (broad SMARTS) is 1. The molecule has 0 saturated carbocycles. The van der Waals surface area contributed by atoms with Crippen LogP contribution in [0.1, 0.15) is 12.5 Å². The fourth-order valence-corrected chi connectivity index (χ4v) is 2.15. The second-order valence-electron chi connectivity index (χ2n) is 3.91. The Bertz CT molecular complexity index is 367. The second-order valence-corrected chi connectivity index (χ2v) is 5.33. The van der Waals surface area contributed by atoms with Crippen LogP contribution in [0.25, 0.3) is 0 Å². The molecule has 18 heavy (non-hydrogen) atoms. The van der Waals surface area contributed by atoms with Gasteiger partial charge in [-0.05, 0) is 24.6 Å². The first kappa shape index (κ1) is 15.0. The van der Waals surface area contributed by atoms with Crippen molar-refractivity contribution in [3.63, 3.8) is 0 Å². The highest BCUT2D eigenvalue weighted by atomic mass is 32.2. The van der Waals surface area contributed by atoms with E-state index in [1.54, 1.807) is 14.0 Å². The van der Waals surface area contributed by atoms with Gasteiger partial charge >= 0.3 is 5.97 Å². The number of carbonyl (C=O) groups is 1. The molecular formula is C13H19NO3S. The summed E-state index contributed by atoms with van der Waals surface area (Å²) < 4.78 is 4.94. The molecule has 1 atom stereocenters. The van der Waals surface area contributed by atoms with Crippen molar-refractivity contribution in [3.05, 3.63) is 29.8 Å². The molecule has 0 aliphatic rings. The lowest BCUT2D eigenvalue weighted by molar-refractivity contribution is -0.136. The van der Waals surface area contributed by atoms with Crippen molar-refractivity contribution >= 4 is 17.7 Å². The van der Waals surface area contributed by atoms with Gasteiger partial charge in [-0.25, -0.2) is 0 Å². The van der Waals surface area contributed by atoms with Gasteiger partial charge in [-0.1, -0.05) is 12.1 Å². The van der Waals surface area contributed by atoms with Crippen LogP contribution in [0.3, 0.4) is 0 Å². The zero-order chi connectivity index (χ0) is 13.4. The lowest BCUT2D eigenvalue weighted by atomic mass is 10.2. The van der Waals surface area contributed by atoms with Crippen LogP contribution in [0.5, 0.6) is 0 Å². The summed E-state index contributed by atoms with van der Waals surface area (Å²) in [4.78, 5) is 11.7. The maximum atomic E-state index is 10.7. The molecule has 0 radical (unpaired) electrons. The van der Waals surface area contributed by atoms with Crippen molar-refractivity contribution < 1.29 is 14.6 Å². The molecule has 1 rings (SSSR count). The van der Waals surface area contributed by atoms with E-state index in [-0.39, 0.29) is 0 Å². The summed E-state index contributed by atoms with van der Waals surface area (Å²) >= 11 is 1.35. The van der Waals surface area contributed by atoms with E-state index in [4.69, 9.17) is 9.84 Å². The molecule has 100 valence electrons. The van der Waals surface area contributed by atoms with Gasteiger partial charge in [0.2, 0.25) is 0 Å². The van der Waals surface area contributed by atoms with Crippen molar-refractivity contribution in [1.82, 2.24) is 5.32 Å². The monoisotopic (exact) mass is 269 g/mol. The van der Waals surface area contributed by atoms with Gasteiger partial charge in [0.15, 0.2) is 0 Å². The SMILES string of the molecule is COCCNCc1ccc(SC(C)C(=O)O)cc1. The average Bonchev–Trinajstić information content (AvgIpc) is 2.36. The lowest BCUT2D eigenvalue weighted by Crippen LogP contribution is -2.18. The molecule has 1 unspecified atom stereocenters. The second kappa shape index (κ2) is 8.13. The van der Waals surface area contributed by atoms with Crippen molar-refractivity contribution in [2.45, 2.75) is 23.6 Å². The smallest absolute Gasteiger partial charge is 0.316 e. The number of methoxy groups -OCH3 is 1. The van der Waals surface area contributed by atoms with Crippen LogP contribution < -0.4 is 5.32 Å². The molecule has 0 spiro atoms. The van der Waals surface area contributed by atoms with E-state index < -0.39 is 11.2 Å². The van der Waals surface area contributed by atoms with Crippen LogP contribution in [0, 0.1) is 0 Å². The number of benzene rings is 1. The third-order valence-electron chi connectivity index (χ3n) is 2.40. The first-order valence-electron chi connectivity index (χ1n) is 5.81. The quantitative estimate of drug-likeness (QED) is 0.558. The fraction of sp³-hybridized carbons (Fsp3) is 0.462. The highest BCUT2D eigenvalue weighted by Gasteiger charge is 2.11. The van der Waals surface area contributed by atoms with Gasteiger partial charge in [-0.3, -0.25) is 4.79 Å². The van der Waals surface area contributed by atoms with Crippen molar-refractivity contribution in [1.29, 1.82) is 0 Å². The Kier molecular flexibility index (Phi) is 6.78. The van der Waals surface area contributed by atoms with E-state index >= 15 is 0 Å². The summed E-state index contributed by atoms with van der Waals surface area (Å²) in [7, 11) is 1.68. The predicted molar refractivity (Wildman–Crippen MR) is 73.0 cm³/mol. The van der Waals surface area contributed by atoms with Crippen LogP contribution in [0.15, 0.2) is 29.2 Å². The Hall–Kier alpha value is -1.04. The molecule has 2 N–H and O–H groups in total. The number of thioether (sulfide) groups is 1. The van der Waals surface area contributed by atoms with Gasteiger partial charge in [0, 0.05) is 25.1 Å². The first-order valence-corrected chi connectivity index (χ1v) is 6.69. The van der Waals surface area contributed by atoms with E-state index in [0.29, 0.717) is 6.61 Å². The van der Waals surface area contributed by atoms with E-state index in [9.17, 15) is 4.79 Å². The molecule has 0 fully saturated rings. The molecule has 0 aliphatic carbocycles. The normalized spacial score (nSPS) is 12.3. The zero-order valence-corrected chi connectivity index (χ0v) is 11.5. The number of carboxylic acids is 1. The van der Waals surface area contributed by atoms with Gasteiger partial charge in [0.05, 0.1) is 6.61 Å². The topological polar surface area (TPSA) is 58.6 Å². The molecule has 1 aromatic carbocycles. The van der Waals surface area contributed by atoms with Gasteiger partial charge < -0.3 is 15.2 Å². The Morgan fingerprint density at radius 3 is 2.67 bits per heavy atom. The van der Waals surface area contributed by atoms with E-state index in [2.05, 4.69) is 5.32 Å². The molecule has 1 aromatic rings. The predicted octanol–water partition coefficient (Wildman–Crippen LogP) is 1.99. The highest BCUT2D eigenvalue weighted by Crippen LogP contribution is 2.23. The fourth-order valence-electron chi connectivity index (χ4n) is 1.35. The van der Waals surface area contributed by atoms with Crippen LogP contribution in [-0.4, -0.2) is 36.6 Å². The third kappa shape index (κ3) is 5.53. The maximum absolute atomic E-state index is 10.7. The van der Waals surface area contributed by atoms with Crippen LogP contribution in [0.4, 0.5) is 0 Å². The number of hydrogen-bond donors (Lipinski definition) is 2. The largest absolute Gasteiger partial charge is 0.480 e. The molecule has 0 aliphatic heterocycles. The van der Waals surface area contributed by atoms with Crippen LogP contribution in [-0.2, 0) is 16.1 Å². The number of hydrogen-bond acceptors (Lipinski definition) is 4. The summed E-state index contributed by atoms with van der Waals surface area (Å²) in [6.45, 7) is 4.00. The van der Waals surface area contributed by atoms with Crippen LogP contribution >= 0.6 is 11.8 Å². The highest BCUT2D eigenvalue weighted by molar-refractivity contribution is 8.00. The lowest BCUT2D eigenvalue weighted by Gasteiger charge is -2.08. The summed E-state index contributed by atoms with van der Waals surface area (Å²) in [6.07, 6.45) is 0. The van der Waals surface area contributed by atoms with E-state index in [1.807, 2.05) is 24.3 Å². The van der Waals surface area contributed by atoms with Crippen molar-refractivity contribution in [2.75, 3.05) is 20.3 Å². The zero-order valence-electron chi connectivity index (χ0n) is 10.7. The third-order valence-corrected chi connectivity index (χ3v) is 3.50. The minimum absolute atomic E-state index is 0.421. The van der Waals surface area contributed by atoms with Crippen LogP contribution in [0.2, 0.25) is 0 Å². The summed E-state index contributed by atoms with van der Waals surface area (Å²) in [5.74, 6) is -0.787. The Labute approximate surface area is 112 Å². The van der Waals surface area contributed by atoms with E-state index in [1.165, 1.54) is 17.3 Å². The Morgan fingerprint density at radius 2 is 2.11 bits per heavy atom. The summed E-state index contributed by atoms with van der Waals surface area (Å²) in [5, 5.41) is 11.7. The molecule has 0 bridgehead atoms. The summed E-state index contributed by atoms with van der Waals surface area (Å²) in [5.41, 5.74) is 1.18. The standard InChI is InChI=1S/C13H19NO3S/c1-10(13(15)16)18-12-5-3-11(4-6-12)9-14-7-8-17-2/h3-6,10,14H,7-9H2,1-2H3,(H,15,16). The maximum Gasteiger partial charge on any atom is 0.316 e. The minimum atomic E-state index is -0.787. The average molecular weight is 269 g/mol. The number of rotatable bonds is 8. The van der Waals surface area contributed by atoms with Crippen molar-refractivity contribution in [3.8, 4) is 0 Å². The molecular weight excluding hydrogens is 250 g/mol. The van der Waals surface area contributed by atoms with E-state index in [0.717, 1.165) is 18.0 Å². The molecule has 0 amide bonds. The van der Waals surface area contributed by atoms with Gasteiger partial charge in [-0.2, -0.15) is 0 Å². The summed E-state index contributed by atoms with van der Waals surface area (Å²) in [6, 6.07) is 7.93. The Morgan fingerprint density at radius 1 is 1.44 bits per heavy atom. The molecule has 0 saturated heterocycles. The Balaban J connectivity index is 2.40. The molecule has 0 aromatic heterocycles. The number of ether oxygens (including phenoxy) is 1. The minimum Gasteiger partial charge on any atom is -0.480 e. The first-order chi connectivity index (χ1) is 8.63. The van der Waals surface area contributed by atoms with Gasteiger partial charge in [-0.15, -0.1) is 11.8 Å².